The van der Waals surface area contributed by atoms with E-state index in [4.69, 9.17) is 14.0 Å². The SMILES string of the molecule is CC1(C)CCC(Oc2cccc(B3OC(C)(C)C(C)(C)O3)c2)C1. The third kappa shape index (κ3) is 3.43. The highest BCUT2D eigenvalue weighted by atomic mass is 16.7. The van der Waals surface area contributed by atoms with Crippen molar-refractivity contribution < 1.29 is 14.0 Å². The molecule has 3 rings (SSSR count). The zero-order chi connectivity index (χ0) is 16.9. The van der Waals surface area contributed by atoms with Crippen molar-refractivity contribution in [2.24, 2.45) is 5.41 Å². The van der Waals surface area contributed by atoms with Crippen LogP contribution in [0.3, 0.4) is 0 Å². The van der Waals surface area contributed by atoms with Crippen LogP contribution in [0.2, 0.25) is 0 Å². The van der Waals surface area contributed by atoms with Crippen LogP contribution in [0.5, 0.6) is 5.75 Å². The summed E-state index contributed by atoms with van der Waals surface area (Å²) in [6, 6.07) is 8.16. The summed E-state index contributed by atoms with van der Waals surface area (Å²) in [4.78, 5) is 0. The first-order chi connectivity index (χ1) is 10.6. The largest absolute Gasteiger partial charge is 0.494 e. The Balaban J connectivity index is 1.72. The Hall–Kier alpha value is -0.995. The number of hydrogen-bond acceptors (Lipinski definition) is 3. The Kier molecular flexibility index (Phi) is 4.05. The summed E-state index contributed by atoms with van der Waals surface area (Å²) in [5.74, 6) is 0.917. The Morgan fingerprint density at radius 3 is 2.26 bits per heavy atom. The molecule has 1 unspecified atom stereocenters. The van der Waals surface area contributed by atoms with Gasteiger partial charge in [0.05, 0.1) is 17.3 Å². The fraction of sp³-hybridized carbons (Fsp3) is 0.684. The molecule has 0 N–H and O–H groups in total. The van der Waals surface area contributed by atoms with Gasteiger partial charge in [-0.25, -0.2) is 0 Å². The van der Waals surface area contributed by atoms with Crippen molar-refractivity contribution in [1.82, 2.24) is 0 Å². The lowest BCUT2D eigenvalue weighted by atomic mass is 9.79. The normalized spacial score (nSPS) is 28.1. The van der Waals surface area contributed by atoms with E-state index in [0.29, 0.717) is 11.5 Å². The Morgan fingerprint density at radius 1 is 1.04 bits per heavy atom. The smallest absolute Gasteiger partial charge is 0.490 e. The Morgan fingerprint density at radius 2 is 1.70 bits per heavy atom. The molecule has 4 heteroatoms. The van der Waals surface area contributed by atoms with Crippen molar-refractivity contribution in [3.63, 3.8) is 0 Å². The maximum absolute atomic E-state index is 6.20. The zero-order valence-corrected chi connectivity index (χ0v) is 15.3. The molecule has 2 aliphatic rings. The Labute approximate surface area is 140 Å². The standard InChI is InChI=1S/C19H29BO3/c1-17(2)11-10-16(13-17)21-15-9-7-8-14(12-15)20-22-18(3,4)19(5,6)23-20/h7-9,12,16H,10-11,13H2,1-6H3. The molecule has 1 aliphatic carbocycles. The van der Waals surface area contributed by atoms with E-state index < -0.39 is 0 Å². The van der Waals surface area contributed by atoms with Gasteiger partial charge in [0.1, 0.15) is 5.75 Å². The van der Waals surface area contributed by atoms with Crippen LogP contribution in [0.1, 0.15) is 60.8 Å². The van der Waals surface area contributed by atoms with E-state index in [-0.39, 0.29) is 18.3 Å². The van der Waals surface area contributed by atoms with E-state index in [1.54, 1.807) is 0 Å². The van der Waals surface area contributed by atoms with Crippen LogP contribution in [0, 0.1) is 5.41 Å². The second-order valence-electron chi connectivity index (χ2n) is 8.81. The highest BCUT2D eigenvalue weighted by Crippen LogP contribution is 2.39. The lowest BCUT2D eigenvalue weighted by Gasteiger charge is -2.32. The predicted molar refractivity (Wildman–Crippen MR) is 94.2 cm³/mol. The molecule has 3 nitrogen and oxygen atoms in total. The van der Waals surface area contributed by atoms with Crippen molar-refractivity contribution in [2.75, 3.05) is 0 Å². The molecule has 23 heavy (non-hydrogen) atoms. The van der Waals surface area contributed by atoms with Gasteiger partial charge >= 0.3 is 7.12 Å². The van der Waals surface area contributed by atoms with Crippen molar-refractivity contribution in [2.45, 2.75) is 78.1 Å². The van der Waals surface area contributed by atoms with Gasteiger partial charge in [-0.1, -0.05) is 26.0 Å². The van der Waals surface area contributed by atoms with Crippen LogP contribution in [-0.4, -0.2) is 24.4 Å². The van der Waals surface area contributed by atoms with Crippen molar-refractivity contribution >= 4 is 12.6 Å². The second-order valence-corrected chi connectivity index (χ2v) is 8.81. The molecule has 1 aromatic rings. The van der Waals surface area contributed by atoms with Gasteiger partial charge in [0, 0.05) is 0 Å². The van der Waals surface area contributed by atoms with E-state index in [1.165, 1.54) is 6.42 Å². The molecule has 0 bridgehead atoms. The summed E-state index contributed by atoms with van der Waals surface area (Å²) < 4.78 is 18.5. The minimum atomic E-state index is -0.330. The first kappa shape index (κ1) is 16.8. The highest BCUT2D eigenvalue weighted by molar-refractivity contribution is 6.62. The summed E-state index contributed by atoms with van der Waals surface area (Å²) in [5.41, 5.74) is 0.792. The number of benzene rings is 1. The fourth-order valence-electron chi connectivity index (χ4n) is 3.38. The van der Waals surface area contributed by atoms with Crippen LogP contribution in [0.4, 0.5) is 0 Å². The third-order valence-electron chi connectivity index (χ3n) is 5.61. The summed E-state index contributed by atoms with van der Waals surface area (Å²) >= 11 is 0. The van der Waals surface area contributed by atoms with Crippen LogP contribution in [-0.2, 0) is 9.31 Å². The molecule has 1 atom stereocenters. The average Bonchev–Trinajstić information content (AvgIpc) is 2.86. The monoisotopic (exact) mass is 316 g/mol. The second kappa shape index (κ2) is 5.53. The van der Waals surface area contributed by atoms with Gasteiger partial charge in [-0.2, -0.15) is 0 Å². The lowest BCUT2D eigenvalue weighted by Crippen LogP contribution is -2.41. The maximum Gasteiger partial charge on any atom is 0.494 e. The molecule has 1 saturated heterocycles. The van der Waals surface area contributed by atoms with E-state index >= 15 is 0 Å². The van der Waals surface area contributed by atoms with E-state index in [1.807, 2.05) is 18.2 Å². The van der Waals surface area contributed by atoms with Crippen LogP contribution < -0.4 is 10.2 Å². The number of ether oxygens (including phenoxy) is 1. The molecule has 2 fully saturated rings. The van der Waals surface area contributed by atoms with Crippen LogP contribution >= 0.6 is 0 Å². The first-order valence-corrected chi connectivity index (χ1v) is 8.70. The molecular formula is C19H29BO3. The molecule has 0 spiro atoms. The minimum absolute atomic E-state index is 0.315. The van der Waals surface area contributed by atoms with Gasteiger partial charge in [-0.05, 0) is 70.0 Å². The van der Waals surface area contributed by atoms with Gasteiger partial charge in [0.25, 0.3) is 0 Å². The molecule has 1 aromatic carbocycles. The maximum atomic E-state index is 6.20. The molecule has 1 saturated carbocycles. The van der Waals surface area contributed by atoms with Gasteiger partial charge in [0.15, 0.2) is 0 Å². The molecule has 0 aromatic heterocycles. The fourth-order valence-corrected chi connectivity index (χ4v) is 3.38. The van der Waals surface area contributed by atoms with E-state index in [0.717, 1.165) is 24.1 Å². The summed E-state index contributed by atoms with van der Waals surface area (Å²) in [5, 5.41) is 0. The first-order valence-electron chi connectivity index (χ1n) is 8.70. The molecule has 0 amide bonds. The molecule has 126 valence electrons. The van der Waals surface area contributed by atoms with Gasteiger partial charge in [0.2, 0.25) is 0 Å². The Bertz CT molecular complexity index is 564. The van der Waals surface area contributed by atoms with Gasteiger partial charge in [-0.3, -0.25) is 0 Å². The summed E-state index contributed by atoms with van der Waals surface area (Å²) in [6.45, 7) is 12.9. The van der Waals surface area contributed by atoms with Crippen molar-refractivity contribution in [1.29, 1.82) is 0 Å². The molecule has 0 radical (unpaired) electrons. The molecule has 1 heterocycles. The summed E-state index contributed by atoms with van der Waals surface area (Å²) in [6.07, 6.45) is 3.80. The average molecular weight is 316 g/mol. The zero-order valence-electron chi connectivity index (χ0n) is 15.3. The minimum Gasteiger partial charge on any atom is -0.490 e. The van der Waals surface area contributed by atoms with E-state index in [9.17, 15) is 0 Å². The predicted octanol–water partition coefficient (Wildman–Crippen LogP) is 3.94. The van der Waals surface area contributed by atoms with Crippen LogP contribution in [0.25, 0.3) is 0 Å². The quantitative estimate of drug-likeness (QED) is 0.791. The van der Waals surface area contributed by atoms with Crippen molar-refractivity contribution in [3.8, 4) is 5.75 Å². The number of hydrogen-bond donors (Lipinski definition) is 0. The lowest BCUT2D eigenvalue weighted by molar-refractivity contribution is 0.00578. The molecule has 1 aliphatic heterocycles. The van der Waals surface area contributed by atoms with Crippen molar-refractivity contribution in [3.05, 3.63) is 24.3 Å². The molecular weight excluding hydrogens is 287 g/mol. The van der Waals surface area contributed by atoms with E-state index in [2.05, 4.69) is 47.6 Å². The summed E-state index contributed by atoms with van der Waals surface area (Å²) in [7, 11) is -0.330. The number of rotatable bonds is 3. The van der Waals surface area contributed by atoms with Gasteiger partial charge < -0.3 is 14.0 Å². The third-order valence-corrected chi connectivity index (χ3v) is 5.61. The topological polar surface area (TPSA) is 27.7 Å². The van der Waals surface area contributed by atoms with Gasteiger partial charge in [-0.15, -0.1) is 0 Å². The highest BCUT2D eigenvalue weighted by Gasteiger charge is 2.51. The van der Waals surface area contributed by atoms with Crippen LogP contribution in [0.15, 0.2) is 24.3 Å².